The Morgan fingerprint density at radius 2 is 1.96 bits per heavy atom. The van der Waals surface area contributed by atoms with E-state index in [4.69, 9.17) is 11.6 Å². The number of allylic oxidation sites excluding steroid dienone is 1. The summed E-state index contributed by atoms with van der Waals surface area (Å²) in [6, 6.07) is 16.2. The molecule has 4 rings (SSSR count). The number of hydrogen-bond acceptors (Lipinski definition) is 4. The molecular weight excluding hydrogens is 390 g/mol. The molecule has 2 aliphatic heterocycles. The van der Waals surface area contributed by atoms with Crippen LogP contribution in [0.15, 0.2) is 53.1 Å². The molecule has 2 heterocycles. The molecule has 142 valence electrons. The van der Waals surface area contributed by atoms with Gasteiger partial charge in [-0.15, -0.1) is 0 Å². The summed E-state index contributed by atoms with van der Waals surface area (Å²) in [5.74, 6) is 0.445. The SMILES string of the molecule is Cc1ccc(N2CSC3=C(C#N)[C@H](c4ccccc4Cl)CC(=O)N3C2)cc1C. The Morgan fingerprint density at radius 1 is 1.18 bits per heavy atom. The second-order valence-corrected chi connectivity index (χ2v) is 8.49. The van der Waals surface area contributed by atoms with Crippen molar-refractivity contribution in [2.24, 2.45) is 0 Å². The van der Waals surface area contributed by atoms with Crippen molar-refractivity contribution in [1.29, 1.82) is 5.26 Å². The zero-order valence-electron chi connectivity index (χ0n) is 15.8. The molecule has 1 fully saturated rings. The van der Waals surface area contributed by atoms with Crippen LogP contribution in [0.2, 0.25) is 5.02 Å². The average Bonchev–Trinajstić information content (AvgIpc) is 2.70. The summed E-state index contributed by atoms with van der Waals surface area (Å²) in [5, 5.41) is 11.2. The van der Waals surface area contributed by atoms with Crippen LogP contribution in [0.3, 0.4) is 0 Å². The topological polar surface area (TPSA) is 47.3 Å². The van der Waals surface area contributed by atoms with E-state index in [-0.39, 0.29) is 18.2 Å². The minimum Gasteiger partial charge on any atom is -0.344 e. The number of carbonyl (C=O) groups excluding carboxylic acids is 1. The highest BCUT2D eigenvalue weighted by Crippen LogP contribution is 2.44. The number of thioether (sulfide) groups is 1. The van der Waals surface area contributed by atoms with Crippen molar-refractivity contribution in [3.8, 4) is 6.07 Å². The maximum absolute atomic E-state index is 13.0. The molecule has 0 saturated carbocycles. The van der Waals surface area contributed by atoms with E-state index in [9.17, 15) is 10.1 Å². The van der Waals surface area contributed by atoms with Gasteiger partial charge >= 0.3 is 0 Å². The largest absolute Gasteiger partial charge is 0.344 e. The third-order valence-corrected chi connectivity index (χ3v) is 6.93. The summed E-state index contributed by atoms with van der Waals surface area (Å²) in [6.07, 6.45) is 0.261. The zero-order valence-corrected chi connectivity index (χ0v) is 17.3. The average molecular weight is 410 g/mol. The van der Waals surface area contributed by atoms with Crippen LogP contribution in [-0.2, 0) is 4.79 Å². The van der Waals surface area contributed by atoms with Gasteiger partial charge in [0.25, 0.3) is 0 Å². The van der Waals surface area contributed by atoms with Gasteiger partial charge in [-0.25, -0.2) is 0 Å². The van der Waals surface area contributed by atoms with Gasteiger partial charge in [0.2, 0.25) is 5.91 Å². The molecule has 1 atom stereocenters. The molecule has 2 aromatic rings. The smallest absolute Gasteiger partial charge is 0.229 e. The Labute approximate surface area is 174 Å². The molecular formula is C22H20ClN3OS. The van der Waals surface area contributed by atoms with Crippen molar-refractivity contribution < 1.29 is 4.79 Å². The first-order valence-corrected chi connectivity index (χ1v) is 10.5. The molecule has 0 aliphatic carbocycles. The molecule has 0 aromatic heterocycles. The Hall–Kier alpha value is -2.42. The maximum atomic E-state index is 13.0. The third kappa shape index (κ3) is 3.28. The number of amides is 1. The number of rotatable bonds is 2. The van der Waals surface area contributed by atoms with E-state index >= 15 is 0 Å². The first-order valence-electron chi connectivity index (χ1n) is 9.13. The number of fused-ring (bicyclic) bond motifs is 1. The fourth-order valence-electron chi connectivity index (χ4n) is 3.67. The van der Waals surface area contributed by atoms with Gasteiger partial charge < -0.3 is 4.90 Å². The number of nitriles is 1. The van der Waals surface area contributed by atoms with E-state index in [2.05, 4.69) is 43.0 Å². The van der Waals surface area contributed by atoms with Crippen molar-refractivity contribution in [3.63, 3.8) is 0 Å². The molecule has 4 nitrogen and oxygen atoms in total. The van der Waals surface area contributed by atoms with Crippen molar-refractivity contribution in [1.82, 2.24) is 4.90 Å². The number of carbonyl (C=O) groups is 1. The summed E-state index contributed by atoms with van der Waals surface area (Å²) in [4.78, 5) is 16.9. The lowest BCUT2D eigenvalue weighted by Crippen LogP contribution is -2.47. The van der Waals surface area contributed by atoms with Gasteiger partial charge in [0.15, 0.2) is 0 Å². The van der Waals surface area contributed by atoms with E-state index in [0.717, 1.165) is 16.3 Å². The fraction of sp³-hybridized carbons (Fsp3) is 0.273. The highest BCUT2D eigenvalue weighted by Gasteiger charge is 2.38. The van der Waals surface area contributed by atoms with Crippen LogP contribution in [0.5, 0.6) is 0 Å². The molecule has 0 spiro atoms. The molecule has 1 saturated heterocycles. The summed E-state index contributed by atoms with van der Waals surface area (Å²) >= 11 is 7.91. The summed E-state index contributed by atoms with van der Waals surface area (Å²) in [6.45, 7) is 4.65. The van der Waals surface area contributed by atoms with Crippen LogP contribution in [0.1, 0.15) is 29.0 Å². The minimum atomic E-state index is -0.280. The van der Waals surface area contributed by atoms with Crippen molar-refractivity contribution in [2.75, 3.05) is 17.4 Å². The van der Waals surface area contributed by atoms with Crippen LogP contribution >= 0.6 is 23.4 Å². The second kappa shape index (κ2) is 7.54. The van der Waals surface area contributed by atoms with E-state index in [1.807, 2.05) is 24.3 Å². The lowest BCUT2D eigenvalue weighted by atomic mass is 9.86. The Balaban J connectivity index is 1.68. The normalized spacial score (nSPS) is 19.5. The molecule has 2 aromatic carbocycles. The summed E-state index contributed by atoms with van der Waals surface area (Å²) in [5.41, 5.74) is 5.05. The molecule has 0 unspecified atom stereocenters. The molecule has 28 heavy (non-hydrogen) atoms. The molecule has 0 N–H and O–H groups in total. The number of hydrogen-bond donors (Lipinski definition) is 0. The van der Waals surface area contributed by atoms with E-state index in [0.29, 0.717) is 23.1 Å². The van der Waals surface area contributed by atoms with Gasteiger partial charge in [-0.05, 0) is 48.7 Å². The number of benzene rings is 2. The van der Waals surface area contributed by atoms with Crippen LogP contribution in [0.4, 0.5) is 5.69 Å². The lowest BCUT2D eigenvalue weighted by Gasteiger charge is -2.42. The van der Waals surface area contributed by atoms with E-state index in [1.54, 1.807) is 16.7 Å². The van der Waals surface area contributed by atoms with Crippen molar-refractivity contribution in [3.05, 3.63) is 74.8 Å². The summed E-state index contributed by atoms with van der Waals surface area (Å²) in [7, 11) is 0. The monoisotopic (exact) mass is 409 g/mol. The number of halogens is 1. The fourth-order valence-corrected chi connectivity index (χ4v) is 5.11. The van der Waals surface area contributed by atoms with Gasteiger partial charge in [-0.1, -0.05) is 47.6 Å². The summed E-state index contributed by atoms with van der Waals surface area (Å²) < 4.78 is 0. The Bertz CT molecular complexity index is 1030. The first-order chi connectivity index (χ1) is 13.5. The molecule has 2 aliphatic rings. The molecule has 1 amide bonds. The Kier molecular flexibility index (Phi) is 5.09. The van der Waals surface area contributed by atoms with Crippen LogP contribution < -0.4 is 4.90 Å². The van der Waals surface area contributed by atoms with Crippen LogP contribution in [0, 0.1) is 25.2 Å². The second-order valence-electron chi connectivity index (χ2n) is 7.15. The van der Waals surface area contributed by atoms with Gasteiger partial charge in [-0.3, -0.25) is 9.69 Å². The van der Waals surface area contributed by atoms with Crippen molar-refractivity contribution in [2.45, 2.75) is 26.2 Å². The number of anilines is 1. The highest BCUT2D eigenvalue weighted by molar-refractivity contribution is 8.03. The van der Waals surface area contributed by atoms with Crippen molar-refractivity contribution >= 4 is 35.0 Å². The first kappa shape index (κ1) is 18.9. The molecule has 0 bridgehead atoms. The van der Waals surface area contributed by atoms with E-state index in [1.165, 1.54) is 11.1 Å². The van der Waals surface area contributed by atoms with E-state index < -0.39 is 0 Å². The highest BCUT2D eigenvalue weighted by atomic mass is 35.5. The Morgan fingerprint density at radius 3 is 2.68 bits per heavy atom. The lowest BCUT2D eigenvalue weighted by molar-refractivity contribution is -0.129. The predicted molar refractivity (Wildman–Crippen MR) is 114 cm³/mol. The molecule has 0 radical (unpaired) electrons. The maximum Gasteiger partial charge on any atom is 0.229 e. The van der Waals surface area contributed by atoms with Gasteiger partial charge in [0, 0.05) is 23.0 Å². The quantitative estimate of drug-likeness (QED) is 0.685. The minimum absolute atomic E-state index is 0.0277. The van der Waals surface area contributed by atoms with Gasteiger partial charge in [0.05, 0.1) is 29.2 Å². The van der Waals surface area contributed by atoms with Gasteiger partial charge in [0.1, 0.15) is 0 Å². The molecule has 6 heteroatoms. The van der Waals surface area contributed by atoms with Crippen LogP contribution in [0.25, 0.3) is 0 Å². The standard InChI is InChI=1S/C22H20ClN3OS/c1-14-7-8-16(9-15(14)2)25-12-26-21(27)10-18(17-5-3-4-6-20(17)23)19(11-24)22(26)28-13-25/h3-9,18H,10,12-13H2,1-2H3/t18-/m0/s1. The predicted octanol–water partition coefficient (Wildman–Crippen LogP) is 5.18. The third-order valence-electron chi connectivity index (χ3n) is 5.43. The zero-order chi connectivity index (χ0) is 19.8. The number of nitrogens with zero attached hydrogens (tertiary/aromatic N) is 3. The number of aryl methyl sites for hydroxylation is 2. The van der Waals surface area contributed by atoms with Gasteiger partial charge in [-0.2, -0.15) is 5.26 Å². The van der Waals surface area contributed by atoms with Crippen LogP contribution in [-0.4, -0.2) is 23.4 Å².